The predicted octanol–water partition coefficient (Wildman–Crippen LogP) is 3.62. The number of aliphatic carboxylic acids is 1. The van der Waals surface area contributed by atoms with Crippen molar-refractivity contribution in [3.63, 3.8) is 0 Å². The lowest BCUT2D eigenvalue weighted by molar-refractivity contribution is -0.141. The van der Waals surface area contributed by atoms with Gasteiger partial charge in [-0.25, -0.2) is 4.79 Å². The quantitative estimate of drug-likeness (QED) is 0.673. The highest BCUT2D eigenvalue weighted by Gasteiger charge is 2.21. The first kappa shape index (κ1) is 17.8. The molecule has 0 aliphatic carbocycles. The van der Waals surface area contributed by atoms with Crippen molar-refractivity contribution in [1.82, 2.24) is 4.57 Å². The number of hydrogen-bond donors (Lipinski definition) is 2. The van der Waals surface area contributed by atoms with E-state index in [1.807, 2.05) is 30.3 Å². The lowest BCUT2D eigenvalue weighted by atomic mass is 10.0. The summed E-state index contributed by atoms with van der Waals surface area (Å²) in [5.74, 6) is -1.06. The second kappa shape index (κ2) is 7.45. The van der Waals surface area contributed by atoms with Crippen LogP contribution < -0.4 is 11.3 Å². The maximum atomic E-state index is 12.6. The van der Waals surface area contributed by atoms with E-state index in [9.17, 15) is 14.7 Å². The molecular formula is C20H17ClN2O3. The number of carboxylic acids is 1. The molecule has 0 bridgehead atoms. The summed E-state index contributed by atoms with van der Waals surface area (Å²) in [6.45, 7) is 0. The third-order valence-electron chi connectivity index (χ3n) is 4.17. The van der Waals surface area contributed by atoms with Gasteiger partial charge in [0.2, 0.25) is 0 Å². The molecule has 0 aliphatic heterocycles. The van der Waals surface area contributed by atoms with Crippen LogP contribution >= 0.6 is 11.6 Å². The van der Waals surface area contributed by atoms with Gasteiger partial charge in [-0.15, -0.1) is 0 Å². The summed E-state index contributed by atoms with van der Waals surface area (Å²) in [4.78, 5) is 24.3. The lowest BCUT2D eigenvalue weighted by Gasteiger charge is -2.16. The number of pyridine rings is 1. The summed E-state index contributed by atoms with van der Waals surface area (Å²) in [6.07, 6.45) is 1.70. The number of nitrogens with zero attached hydrogens (tertiary/aromatic N) is 1. The van der Waals surface area contributed by atoms with Crippen LogP contribution in [0, 0.1) is 0 Å². The summed E-state index contributed by atoms with van der Waals surface area (Å²) < 4.78 is 1.22. The molecule has 3 rings (SSSR count). The van der Waals surface area contributed by atoms with Gasteiger partial charge in [0.25, 0.3) is 5.56 Å². The van der Waals surface area contributed by atoms with Gasteiger partial charge in [0.15, 0.2) is 0 Å². The second-order valence-electron chi connectivity index (χ2n) is 5.94. The van der Waals surface area contributed by atoms with E-state index in [0.717, 1.165) is 5.56 Å². The number of rotatable bonds is 5. The van der Waals surface area contributed by atoms with Gasteiger partial charge in [-0.2, -0.15) is 0 Å². The predicted molar refractivity (Wildman–Crippen MR) is 102 cm³/mol. The van der Waals surface area contributed by atoms with Gasteiger partial charge in [0.05, 0.1) is 0 Å². The normalized spacial score (nSPS) is 11.9. The van der Waals surface area contributed by atoms with Gasteiger partial charge >= 0.3 is 5.97 Å². The molecule has 3 N–H and O–H groups in total. The first-order valence-corrected chi connectivity index (χ1v) is 8.38. The average molecular weight is 369 g/mol. The van der Waals surface area contributed by atoms with Crippen LogP contribution in [0.15, 0.2) is 71.7 Å². The Labute approximate surface area is 155 Å². The van der Waals surface area contributed by atoms with Gasteiger partial charge < -0.3 is 15.4 Å². The monoisotopic (exact) mass is 368 g/mol. The molecule has 132 valence electrons. The Bertz CT molecular complexity index is 999. The van der Waals surface area contributed by atoms with Crippen molar-refractivity contribution in [2.24, 2.45) is 0 Å². The van der Waals surface area contributed by atoms with E-state index >= 15 is 0 Å². The molecule has 0 saturated heterocycles. The maximum absolute atomic E-state index is 12.6. The molecule has 26 heavy (non-hydrogen) atoms. The van der Waals surface area contributed by atoms with E-state index in [1.54, 1.807) is 24.3 Å². The highest BCUT2D eigenvalue weighted by Crippen LogP contribution is 2.28. The zero-order valence-corrected chi connectivity index (χ0v) is 14.6. The zero-order valence-electron chi connectivity index (χ0n) is 13.8. The molecule has 3 aromatic rings. The number of benzene rings is 2. The summed E-state index contributed by atoms with van der Waals surface area (Å²) in [5.41, 5.74) is 8.11. The second-order valence-corrected chi connectivity index (χ2v) is 6.37. The van der Waals surface area contributed by atoms with Gasteiger partial charge in [0.1, 0.15) is 6.04 Å². The number of nitrogen functional groups attached to an aromatic ring is 1. The fourth-order valence-electron chi connectivity index (χ4n) is 2.84. The van der Waals surface area contributed by atoms with Crippen LogP contribution in [-0.4, -0.2) is 15.6 Å². The Kier molecular flexibility index (Phi) is 5.09. The molecule has 0 radical (unpaired) electrons. The largest absolute Gasteiger partial charge is 0.480 e. The van der Waals surface area contributed by atoms with E-state index in [1.165, 1.54) is 16.8 Å². The molecule has 1 aromatic heterocycles. The van der Waals surface area contributed by atoms with Crippen molar-refractivity contribution >= 4 is 23.3 Å². The summed E-state index contributed by atoms with van der Waals surface area (Å²) >= 11 is 6.00. The minimum absolute atomic E-state index is 0.217. The van der Waals surface area contributed by atoms with E-state index in [0.29, 0.717) is 21.8 Å². The smallest absolute Gasteiger partial charge is 0.327 e. The number of anilines is 1. The molecular weight excluding hydrogens is 352 g/mol. The molecule has 0 amide bonds. The molecule has 6 heteroatoms. The summed E-state index contributed by atoms with van der Waals surface area (Å²) in [6, 6.07) is 16.3. The first-order chi connectivity index (χ1) is 12.5. The van der Waals surface area contributed by atoms with Crippen molar-refractivity contribution in [2.75, 3.05) is 5.73 Å². The molecule has 1 unspecified atom stereocenters. The average Bonchev–Trinajstić information content (AvgIpc) is 2.63. The maximum Gasteiger partial charge on any atom is 0.327 e. The van der Waals surface area contributed by atoms with Gasteiger partial charge in [-0.1, -0.05) is 41.9 Å². The van der Waals surface area contributed by atoms with Crippen molar-refractivity contribution in [3.05, 3.63) is 87.8 Å². The van der Waals surface area contributed by atoms with Gasteiger partial charge in [-0.3, -0.25) is 4.79 Å². The zero-order chi connectivity index (χ0) is 18.7. The van der Waals surface area contributed by atoms with Crippen LogP contribution in [0.4, 0.5) is 5.69 Å². The SMILES string of the molecule is Nc1ccc(Cl)cc1-c1ccn(C(Cc2ccccc2)C(=O)O)c(=O)c1. The molecule has 1 atom stereocenters. The number of halogens is 1. The van der Waals surface area contributed by atoms with Crippen molar-refractivity contribution < 1.29 is 9.90 Å². The lowest BCUT2D eigenvalue weighted by Crippen LogP contribution is -2.30. The van der Waals surface area contributed by atoms with E-state index in [4.69, 9.17) is 17.3 Å². The molecule has 0 spiro atoms. The fourth-order valence-corrected chi connectivity index (χ4v) is 3.01. The van der Waals surface area contributed by atoms with Crippen LogP contribution in [0.2, 0.25) is 5.02 Å². The number of hydrogen-bond acceptors (Lipinski definition) is 3. The van der Waals surface area contributed by atoms with E-state index < -0.39 is 17.6 Å². The topological polar surface area (TPSA) is 85.3 Å². The first-order valence-electron chi connectivity index (χ1n) is 8.00. The van der Waals surface area contributed by atoms with E-state index in [-0.39, 0.29) is 6.42 Å². The van der Waals surface area contributed by atoms with Crippen LogP contribution in [0.3, 0.4) is 0 Å². The molecule has 5 nitrogen and oxygen atoms in total. The highest BCUT2D eigenvalue weighted by molar-refractivity contribution is 6.31. The minimum atomic E-state index is -1.06. The van der Waals surface area contributed by atoms with Gasteiger partial charge in [0, 0.05) is 35.0 Å². The van der Waals surface area contributed by atoms with Crippen molar-refractivity contribution in [3.8, 4) is 11.1 Å². The Morgan fingerprint density at radius 2 is 1.85 bits per heavy atom. The minimum Gasteiger partial charge on any atom is -0.480 e. The number of carboxylic acid groups (broad SMARTS) is 1. The fraction of sp³-hybridized carbons (Fsp3) is 0.100. The molecule has 0 saturated carbocycles. The van der Waals surface area contributed by atoms with Crippen molar-refractivity contribution in [1.29, 1.82) is 0 Å². The van der Waals surface area contributed by atoms with Crippen LogP contribution in [0.25, 0.3) is 11.1 Å². The Hall–Kier alpha value is -3.05. The Morgan fingerprint density at radius 1 is 1.12 bits per heavy atom. The van der Waals surface area contributed by atoms with Crippen molar-refractivity contribution in [2.45, 2.75) is 12.5 Å². The Morgan fingerprint density at radius 3 is 2.50 bits per heavy atom. The molecule has 1 heterocycles. The summed E-state index contributed by atoms with van der Waals surface area (Å²) in [5, 5.41) is 10.1. The van der Waals surface area contributed by atoms with Crippen LogP contribution in [-0.2, 0) is 11.2 Å². The number of nitrogens with two attached hydrogens (primary N) is 1. The molecule has 0 aliphatic rings. The van der Waals surface area contributed by atoms with Crippen LogP contribution in [0.1, 0.15) is 11.6 Å². The highest BCUT2D eigenvalue weighted by atomic mass is 35.5. The number of carbonyl (C=O) groups is 1. The standard InChI is InChI=1S/C20H17ClN2O3/c21-15-6-7-17(22)16(12-15)14-8-9-23(19(24)11-14)18(20(25)26)10-13-4-2-1-3-5-13/h1-9,11-12,18H,10,22H2,(H,25,26). The third-order valence-corrected chi connectivity index (χ3v) is 4.40. The van der Waals surface area contributed by atoms with Gasteiger partial charge in [-0.05, 0) is 35.4 Å². The summed E-state index contributed by atoms with van der Waals surface area (Å²) in [7, 11) is 0. The molecule has 0 fully saturated rings. The third kappa shape index (κ3) is 3.78. The van der Waals surface area contributed by atoms with Crippen LogP contribution in [0.5, 0.6) is 0 Å². The number of aromatic nitrogens is 1. The molecule has 2 aromatic carbocycles. The van der Waals surface area contributed by atoms with E-state index in [2.05, 4.69) is 0 Å². The Balaban J connectivity index is 1.98.